The van der Waals surface area contributed by atoms with Crippen LogP contribution < -0.4 is 10.2 Å². The van der Waals surface area contributed by atoms with Gasteiger partial charge in [-0.05, 0) is 80.6 Å². The lowest BCUT2D eigenvalue weighted by atomic mass is 10.1. The molecule has 0 spiro atoms. The second-order valence-electron chi connectivity index (χ2n) is 7.72. The summed E-state index contributed by atoms with van der Waals surface area (Å²) in [5, 5.41) is 2.97. The van der Waals surface area contributed by atoms with Gasteiger partial charge < -0.3 is 15.1 Å². The van der Waals surface area contributed by atoms with Crippen LogP contribution in [0.3, 0.4) is 0 Å². The topological polar surface area (TPSA) is 52.7 Å². The maximum atomic E-state index is 12.6. The number of likely N-dealkylation sites (tertiary alicyclic amines) is 1. The second kappa shape index (κ2) is 8.05. The van der Waals surface area contributed by atoms with Gasteiger partial charge in [-0.15, -0.1) is 0 Å². The predicted octanol–water partition coefficient (Wildman–Crippen LogP) is 4.08. The Morgan fingerprint density at radius 3 is 2.07 bits per heavy atom. The summed E-state index contributed by atoms with van der Waals surface area (Å²) in [6.45, 7) is 5.78. The Labute approximate surface area is 166 Å². The van der Waals surface area contributed by atoms with Crippen LogP contribution in [0.2, 0.25) is 0 Å². The molecule has 0 atom stereocenters. The smallest absolute Gasteiger partial charge is 0.255 e. The van der Waals surface area contributed by atoms with Gasteiger partial charge in [0.25, 0.3) is 11.8 Å². The van der Waals surface area contributed by atoms with Gasteiger partial charge in [0.05, 0.1) is 0 Å². The molecule has 2 saturated heterocycles. The molecule has 1 N–H and O–H groups in total. The van der Waals surface area contributed by atoms with Gasteiger partial charge >= 0.3 is 0 Å². The number of nitrogens with one attached hydrogen (secondary N) is 1. The van der Waals surface area contributed by atoms with Crippen LogP contribution in [0.15, 0.2) is 42.5 Å². The van der Waals surface area contributed by atoms with Crippen LogP contribution in [-0.2, 0) is 0 Å². The Hall–Kier alpha value is -2.82. The maximum Gasteiger partial charge on any atom is 0.255 e. The number of carbonyl (C=O) groups excluding carboxylic acids is 2. The predicted molar refractivity (Wildman–Crippen MR) is 112 cm³/mol. The lowest BCUT2D eigenvalue weighted by Crippen LogP contribution is -2.27. The Morgan fingerprint density at radius 2 is 1.43 bits per heavy atom. The number of hydrogen-bond donors (Lipinski definition) is 1. The van der Waals surface area contributed by atoms with Crippen LogP contribution in [0.25, 0.3) is 0 Å². The van der Waals surface area contributed by atoms with Crippen LogP contribution in [0.5, 0.6) is 0 Å². The molecule has 2 heterocycles. The highest BCUT2D eigenvalue weighted by atomic mass is 16.2. The molecule has 5 nitrogen and oxygen atoms in total. The largest absolute Gasteiger partial charge is 0.372 e. The first-order valence-electron chi connectivity index (χ1n) is 10.2. The Balaban J connectivity index is 1.43. The standard InChI is InChI=1S/C23H27N3O2/c1-17-16-19(23(28)26-14-4-5-15-26)8-11-21(17)24-22(27)18-6-9-20(10-7-18)25-12-2-3-13-25/h6-11,16H,2-5,12-15H2,1H3,(H,24,27). The summed E-state index contributed by atoms with van der Waals surface area (Å²) in [5.41, 5.74) is 4.14. The molecule has 2 aliphatic heterocycles. The van der Waals surface area contributed by atoms with E-state index < -0.39 is 0 Å². The molecule has 0 aromatic heterocycles. The van der Waals surface area contributed by atoms with E-state index in [0.29, 0.717) is 11.1 Å². The molecular weight excluding hydrogens is 350 g/mol. The summed E-state index contributed by atoms with van der Waals surface area (Å²) >= 11 is 0. The van der Waals surface area contributed by atoms with Crippen LogP contribution in [-0.4, -0.2) is 42.9 Å². The second-order valence-corrected chi connectivity index (χ2v) is 7.72. The molecule has 2 aromatic rings. The molecule has 0 aliphatic carbocycles. The van der Waals surface area contributed by atoms with Gasteiger partial charge in [0.2, 0.25) is 0 Å². The molecule has 0 saturated carbocycles. The molecule has 146 valence electrons. The Morgan fingerprint density at radius 1 is 0.821 bits per heavy atom. The minimum Gasteiger partial charge on any atom is -0.372 e. The van der Waals surface area contributed by atoms with Crippen molar-refractivity contribution in [1.82, 2.24) is 4.90 Å². The molecular formula is C23H27N3O2. The van der Waals surface area contributed by atoms with Gasteiger partial charge in [0.1, 0.15) is 0 Å². The van der Waals surface area contributed by atoms with E-state index in [0.717, 1.165) is 50.3 Å². The molecule has 0 unspecified atom stereocenters. The Kier molecular flexibility index (Phi) is 5.33. The first-order valence-corrected chi connectivity index (χ1v) is 10.2. The van der Waals surface area contributed by atoms with Crippen molar-refractivity contribution in [3.63, 3.8) is 0 Å². The number of rotatable bonds is 4. The fourth-order valence-corrected chi connectivity index (χ4v) is 4.03. The van der Waals surface area contributed by atoms with E-state index in [1.807, 2.05) is 48.2 Å². The first-order chi connectivity index (χ1) is 13.6. The minimum absolute atomic E-state index is 0.0796. The van der Waals surface area contributed by atoms with E-state index in [-0.39, 0.29) is 11.8 Å². The average Bonchev–Trinajstić information content (AvgIpc) is 3.43. The van der Waals surface area contributed by atoms with E-state index in [1.165, 1.54) is 18.5 Å². The van der Waals surface area contributed by atoms with E-state index in [1.54, 1.807) is 6.07 Å². The van der Waals surface area contributed by atoms with E-state index in [4.69, 9.17) is 0 Å². The highest BCUT2D eigenvalue weighted by Crippen LogP contribution is 2.23. The quantitative estimate of drug-likeness (QED) is 0.873. The van der Waals surface area contributed by atoms with Crippen molar-refractivity contribution in [1.29, 1.82) is 0 Å². The van der Waals surface area contributed by atoms with Crippen molar-refractivity contribution in [2.45, 2.75) is 32.6 Å². The third-order valence-corrected chi connectivity index (χ3v) is 5.72. The molecule has 0 bridgehead atoms. The molecule has 4 rings (SSSR count). The van der Waals surface area contributed by atoms with Gasteiger partial charge in [0.15, 0.2) is 0 Å². The SMILES string of the molecule is Cc1cc(C(=O)N2CCCC2)ccc1NC(=O)c1ccc(N2CCCC2)cc1. The summed E-state index contributed by atoms with van der Waals surface area (Å²) in [7, 11) is 0. The number of carbonyl (C=O) groups is 2. The van der Waals surface area contributed by atoms with Gasteiger partial charge in [-0.3, -0.25) is 9.59 Å². The highest BCUT2D eigenvalue weighted by Gasteiger charge is 2.20. The lowest BCUT2D eigenvalue weighted by Gasteiger charge is -2.18. The summed E-state index contributed by atoms with van der Waals surface area (Å²) in [6.07, 6.45) is 4.63. The fraction of sp³-hybridized carbons (Fsp3) is 0.391. The summed E-state index contributed by atoms with van der Waals surface area (Å²) in [4.78, 5) is 29.4. The van der Waals surface area contributed by atoms with Crippen LogP contribution >= 0.6 is 0 Å². The number of benzene rings is 2. The van der Waals surface area contributed by atoms with Crippen molar-refractivity contribution in [2.24, 2.45) is 0 Å². The average molecular weight is 377 g/mol. The number of nitrogens with zero attached hydrogens (tertiary/aromatic N) is 2. The molecule has 2 aromatic carbocycles. The zero-order chi connectivity index (χ0) is 19.5. The van der Waals surface area contributed by atoms with Gasteiger partial charge in [-0.25, -0.2) is 0 Å². The molecule has 2 aliphatic rings. The maximum absolute atomic E-state index is 12.6. The summed E-state index contributed by atoms with van der Waals surface area (Å²) in [5.74, 6) is -0.0503. The summed E-state index contributed by atoms with van der Waals surface area (Å²) < 4.78 is 0. The van der Waals surface area contributed by atoms with Crippen LogP contribution in [0.1, 0.15) is 52.0 Å². The van der Waals surface area contributed by atoms with Crippen molar-refractivity contribution < 1.29 is 9.59 Å². The van der Waals surface area contributed by atoms with Crippen LogP contribution in [0, 0.1) is 6.92 Å². The highest BCUT2D eigenvalue weighted by molar-refractivity contribution is 6.05. The van der Waals surface area contributed by atoms with E-state index in [2.05, 4.69) is 10.2 Å². The van der Waals surface area contributed by atoms with Crippen molar-refractivity contribution in [3.05, 3.63) is 59.2 Å². The molecule has 28 heavy (non-hydrogen) atoms. The van der Waals surface area contributed by atoms with E-state index in [9.17, 15) is 9.59 Å². The monoisotopic (exact) mass is 377 g/mol. The third kappa shape index (κ3) is 3.88. The number of amides is 2. The number of anilines is 2. The summed E-state index contributed by atoms with van der Waals surface area (Å²) in [6, 6.07) is 13.3. The van der Waals surface area contributed by atoms with Gasteiger partial charge in [-0.1, -0.05) is 0 Å². The Bertz CT molecular complexity index is 864. The minimum atomic E-state index is -0.130. The van der Waals surface area contributed by atoms with Crippen molar-refractivity contribution in [2.75, 3.05) is 36.4 Å². The number of hydrogen-bond acceptors (Lipinski definition) is 3. The van der Waals surface area contributed by atoms with Crippen molar-refractivity contribution >= 4 is 23.2 Å². The van der Waals surface area contributed by atoms with Crippen molar-refractivity contribution in [3.8, 4) is 0 Å². The van der Waals surface area contributed by atoms with Gasteiger partial charge in [0, 0.05) is 48.7 Å². The van der Waals surface area contributed by atoms with E-state index >= 15 is 0 Å². The molecule has 5 heteroatoms. The van der Waals surface area contributed by atoms with Gasteiger partial charge in [-0.2, -0.15) is 0 Å². The first kappa shape index (κ1) is 18.5. The third-order valence-electron chi connectivity index (χ3n) is 5.72. The molecule has 2 fully saturated rings. The zero-order valence-corrected chi connectivity index (χ0v) is 16.4. The normalized spacial score (nSPS) is 16.5. The van der Waals surface area contributed by atoms with Crippen LogP contribution in [0.4, 0.5) is 11.4 Å². The zero-order valence-electron chi connectivity index (χ0n) is 16.4. The fourth-order valence-electron chi connectivity index (χ4n) is 4.03. The molecule has 2 amide bonds. The molecule has 0 radical (unpaired) electrons. The number of aryl methyl sites for hydroxylation is 1. The lowest BCUT2D eigenvalue weighted by molar-refractivity contribution is 0.0792.